The lowest BCUT2D eigenvalue weighted by Gasteiger charge is -2.21. The maximum absolute atomic E-state index is 13.8. The minimum absolute atomic E-state index is 0.224. The summed E-state index contributed by atoms with van der Waals surface area (Å²) < 4.78 is 33.0. The first-order valence-corrected chi connectivity index (χ1v) is 5.51. The van der Waals surface area contributed by atoms with E-state index in [1.807, 2.05) is 0 Å². The summed E-state index contributed by atoms with van der Waals surface area (Å²) in [6.07, 6.45) is -4.54. The van der Waals surface area contributed by atoms with Gasteiger partial charge in [0, 0.05) is 13.2 Å². The van der Waals surface area contributed by atoms with Gasteiger partial charge >= 0.3 is 11.6 Å². The standard InChI is InChI=1S/C10H13F2N3O4/c1-13-6-2-3-15(9(18)14-6)8-10(11,12)7(17)5(4-16)19-8/h2-3,5,7-8,16-17H,4H2,1H3,(H,13,14,18)/t5?,7-,8-/m1/s1. The highest BCUT2D eigenvalue weighted by Crippen LogP contribution is 2.41. The van der Waals surface area contributed by atoms with E-state index in [0.29, 0.717) is 4.57 Å². The molecule has 0 saturated carbocycles. The molecule has 1 saturated heterocycles. The Morgan fingerprint density at radius 2 is 2.32 bits per heavy atom. The average molecular weight is 277 g/mol. The summed E-state index contributed by atoms with van der Waals surface area (Å²) in [5.41, 5.74) is -0.942. The van der Waals surface area contributed by atoms with Crippen LogP contribution in [0.2, 0.25) is 0 Å². The number of aromatic nitrogens is 2. The summed E-state index contributed by atoms with van der Waals surface area (Å²) >= 11 is 0. The fourth-order valence-electron chi connectivity index (χ4n) is 1.85. The highest BCUT2D eigenvalue weighted by Gasteiger charge is 2.59. The summed E-state index contributed by atoms with van der Waals surface area (Å²) in [4.78, 5) is 15.1. The number of anilines is 1. The molecule has 3 atom stereocenters. The molecule has 0 bridgehead atoms. The molecule has 1 aliphatic rings. The van der Waals surface area contributed by atoms with E-state index in [2.05, 4.69) is 10.3 Å². The summed E-state index contributed by atoms with van der Waals surface area (Å²) in [7, 11) is 1.53. The zero-order valence-electron chi connectivity index (χ0n) is 9.96. The zero-order chi connectivity index (χ0) is 14.2. The second-order valence-electron chi connectivity index (χ2n) is 4.08. The molecular formula is C10H13F2N3O4. The number of ether oxygens (including phenoxy) is 1. The van der Waals surface area contributed by atoms with Gasteiger partial charge in [-0.25, -0.2) is 4.79 Å². The highest BCUT2D eigenvalue weighted by molar-refractivity contribution is 5.30. The number of nitrogens with zero attached hydrogens (tertiary/aromatic N) is 2. The van der Waals surface area contributed by atoms with E-state index in [9.17, 15) is 18.7 Å². The van der Waals surface area contributed by atoms with Gasteiger partial charge in [0.2, 0.25) is 6.23 Å². The molecule has 7 nitrogen and oxygen atoms in total. The minimum Gasteiger partial charge on any atom is -0.394 e. The molecular weight excluding hydrogens is 264 g/mol. The monoisotopic (exact) mass is 277 g/mol. The third kappa shape index (κ3) is 2.20. The Bertz CT molecular complexity index is 522. The molecule has 2 rings (SSSR count). The second kappa shape index (κ2) is 4.83. The van der Waals surface area contributed by atoms with Crippen LogP contribution in [0.4, 0.5) is 14.6 Å². The lowest BCUT2D eigenvalue weighted by molar-refractivity contribution is -0.140. The number of aliphatic hydroxyl groups excluding tert-OH is 2. The molecule has 1 aliphatic heterocycles. The summed E-state index contributed by atoms with van der Waals surface area (Å²) in [6.45, 7) is -0.774. The van der Waals surface area contributed by atoms with Crippen molar-refractivity contribution in [3.8, 4) is 0 Å². The zero-order valence-corrected chi connectivity index (χ0v) is 9.96. The topological polar surface area (TPSA) is 96.6 Å². The second-order valence-corrected chi connectivity index (χ2v) is 4.08. The number of hydrogen-bond acceptors (Lipinski definition) is 6. The molecule has 1 fully saturated rings. The summed E-state index contributed by atoms with van der Waals surface area (Å²) in [5, 5.41) is 20.8. The van der Waals surface area contributed by atoms with Crippen LogP contribution >= 0.6 is 0 Å². The van der Waals surface area contributed by atoms with Crippen LogP contribution in [-0.2, 0) is 4.74 Å². The molecule has 0 aliphatic carbocycles. The van der Waals surface area contributed by atoms with Crippen molar-refractivity contribution in [1.82, 2.24) is 9.55 Å². The number of aliphatic hydroxyl groups is 2. The molecule has 1 aromatic heterocycles. The van der Waals surface area contributed by atoms with E-state index >= 15 is 0 Å². The molecule has 106 valence electrons. The van der Waals surface area contributed by atoms with Gasteiger partial charge < -0.3 is 20.3 Å². The van der Waals surface area contributed by atoms with Gasteiger partial charge in [-0.05, 0) is 6.07 Å². The van der Waals surface area contributed by atoms with Gasteiger partial charge in [-0.1, -0.05) is 0 Å². The lowest BCUT2D eigenvalue weighted by atomic mass is 10.1. The first-order chi connectivity index (χ1) is 8.91. The van der Waals surface area contributed by atoms with Crippen molar-refractivity contribution in [3.05, 3.63) is 22.7 Å². The SMILES string of the molecule is CNc1ccn([C@@H]2OC(CO)[C@@H](O)C2(F)F)c(=O)n1. The normalized spacial score (nSPS) is 29.4. The summed E-state index contributed by atoms with van der Waals surface area (Å²) in [6, 6.07) is 1.32. The van der Waals surface area contributed by atoms with E-state index in [1.54, 1.807) is 0 Å². The number of nitrogens with one attached hydrogen (secondary N) is 1. The van der Waals surface area contributed by atoms with Gasteiger partial charge in [-0.15, -0.1) is 0 Å². The van der Waals surface area contributed by atoms with Crippen molar-refractivity contribution in [2.75, 3.05) is 19.0 Å². The maximum Gasteiger partial charge on any atom is 0.351 e. The van der Waals surface area contributed by atoms with Gasteiger partial charge in [0.15, 0.2) is 6.10 Å². The molecule has 3 N–H and O–H groups in total. The van der Waals surface area contributed by atoms with Crippen LogP contribution in [0.25, 0.3) is 0 Å². The molecule has 19 heavy (non-hydrogen) atoms. The molecule has 9 heteroatoms. The fourth-order valence-corrected chi connectivity index (χ4v) is 1.85. The molecule has 0 amide bonds. The van der Waals surface area contributed by atoms with Gasteiger partial charge in [-0.3, -0.25) is 4.57 Å². The first-order valence-electron chi connectivity index (χ1n) is 5.51. The fraction of sp³-hybridized carbons (Fsp3) is 0.600. The number of rotatable bonds is 3. The number of hydrogen-bond donors (Lipinski definition) is 3. The van der Waals surface area contributed by atoms with Crippen LogP contribution in [0.1, 0.15) is 6.23 Å². The Labute approximate surface area is 106 Å². The molecule has 0 spiro atoms. The van der Waals surface area contributed by atoms with Crippen LogP contribution in [-0.4, -0.2) is 51.5 Å². The van der Waals surface area contributed by atoms with Crippen LogP contribution in [0.3, 0.4) is 0 Å². The van der Waals surface area contributed by atoms with Crippen molar-refractivity contribution < 1.29 is 23.7 Å². The molecule has 1 unspecified atom stereocenters. The predicted molar refractivity (Wildman–Crippen MR) is 60.0 cm³/mol. The molecule has 1 aromatic rings. The number of alkyl halides is 2. The van der Waals surface area contributed by atoms with Crippen molar-refractivity contribution >= 4 is 5.82 Å². The van der Waals surface area contributed by atoms with Crippen LogP contribution in [0.5, 0.6) is 0 Å². The Balaban J connectivity index is 2.39. The first kappa shape index (κ1) is 13.8. The Hall–Kier alpha value is -1.58. The molecule has 0 radical (unpaired) electrons. The van der Waals surface area contributed by atoms with Gasteiger partial charge in [-0.2, -0.15) is 13.8 Å². The third-order valence-corrected chi connectivity index (χ3v) is 2.90. The lowest BCUT2D eigenvalue weighted by Crippen LogP contribution is -2.41. The minimum atomic E-state index is -3.69. The largest absolute Gasteiger partial charge is 0.394 e. The average Bonchev–Trinajstić information content (AvgIpc) is 2.61. The van der Waals surface area contributed by atoms with Crippen LogP contribution in [0.15, 0.2) is 17.1 Å². The van der Waals surface area contributed by atoms with Crippen molar-refractivity contribution in [1.29, 1.82) is 0 Å². The predicted octanol–water partition coefficient (Wildman–Crippen LogP) is -0.829. The van der Waals surface area contributed by atoms with E-state index in [4.69, 9.17) is 9.84 Å². The third-order valence-electron chi connectivity index (χ3n) is 2.90. The molecule has 0 aromatic carbocycles. The van der Waals surface area contributed by atoms with E-state index in [0.717, 1.165) is 6.20 Å². The van der Waals surface area contributed by atoms with Crippen molar-refractivity contribution in [2.45, 2.75) is 24.4 Å². The van der Waals surface area contributed by atoms with Gasteiger partial charge in [0.05, 0.1) is 6.61 Å². The number of halogens is 2. The van der Waals surface area contributed by atoms with E-state index in [1.165, 1.54) is 13.1 Å². The maximum atomic E-state index is 13.8. The molecule has 2 heterocycles. The quantitative estimate of drug-likeness (QED) is 0.667. The van der Waals surface area contributed by atoms with Crippen molar-refractivity contribution in [2.24, 2.45) is 0 Å². The highest BCUT2D eigenvalue weighted by atomic mass is 19.3. The van der Waals surface area contributed by atoms with Crippen molar-refractivity contribution in [3.63, 3.8) is 0 Å². The smallest absolute Gasteiger partial charge is 0.351 e. The van der Waals surface area contributed by atoms with Gasteiger partial charge in [0.1, 0.15) is 11.9 Å². The van der Waals surface area contributed by atoms with Gasteiger partial charge in [0.25, 0.3) is 0 Å². The van der Waals surface area contributed by atoms with Crippen LogP contribution < -0.4 is 11.0 Å². The Kier molecular flexibility index (Phi) is 3.52. The Morgan fingerprint density at radius 3 is 2.79 bits per heavy atom. The van der Waals surface area contributed by atoms with E-state index in [-0.39, 0.29) is 5.82 Å². The van der Waals surface area contributed by atoms with E-state index < -0.39 is 36.7 Å². The van der Waals surface area contributed by atoms with Crippen LogP contribution in [0, 0.1) is 0 Å². The Morgan fingerprint density at radius 1 is 1.63 bits per heavy atom. The summed E-state index contributed by atoms with van der Waals surface area (Å²) in [5.74, 6) is -3.47.